The summed E-state index contributed by atoms with van der Waals surface area (Å²) >= 11 is 0. The van der Waals surface area contributed by atoms with Crippen molar-refractivity contribution >= 4 is 0 Å². The highest BCUT2D eigenvalue weighted by atomic mass is 16.8. The topological polar surface area (TPSA) is 47.9 Å². The molecule has 1 atom stereocenters. The van der Waals surface area contributed by atoms with E-state index < -0.39 is 5.97 Å². The predicted octanol–water partition coefficient (Wildman–Crippen LogP) is 1.52. The minimum absolute atomic E-state index is 0.344. The van der Waals surface area contributed by atoms with Crippen LogP contribution in [0.5, 0.6) is 0 Å². The first-order valence-electron chi connectivity index (χ1n) is 5.20. The minimum Gasteiger partial charge on any atom is -0.379 e. The largest absolute Gasteiger partial charge is 0.379 e. The van der Waals surface area contributed by atoms with E-state index in [0.717, 1.165) is 19.4 Å². The fourth-order valence-corrected chi connectivity index (χ4v) is 0.948. The summed E-state index contributed by atoms with van der Waals surface area (Å²) in [6.07, 6.45) is 2.18. The summed E-state index contributed by atoms with van der Waals surface area (Å²) in [6, 6.07) is 0. The van der Waals surface area contributed by atoms with Crippen LogP contribution in [-0.4, -0.2) is 37.5 Å². The van der Waals surface area contributed by atoms with Crippen molar-refractivity contribution in [2.75, 3.05) is 26.4 Å². The van der Waals surface area contributed by atoms with Crippen LogP contribution in [0, 0.1) is 0 Å². The Hall–Kier alpha value is -0.160. The number of ether oxygens (including phenoxy) is 3. The SMILES string of the molecule is CCCCOCCOC(C)(O)OCC. The lowest BCUT2D eigenvalue weighted by atomic mass is 10.4. The van der Waals surface area contributed by atoms with Gasteiger partial charge < -0.3 is 19.3 Å². The third-order valence-electron chi connectivity index (χ3n) is 1.65. The summed E-state index contributed by atoms with van der Waals surface area (Å²) in [5, 5.41) is 9.42. The second-order valence-electron chi connectivity index (χ2n) is 3.15. The first-order valence-corrected chi connectivity index (χ1v) is 5.20. The van der Waals surface area contributed by atoms with Crippen molar-refractivity contribution in [3.8, 4) is 0 Å². The molecule has 0 radical (unpaired) electrons. The van der Waals surface area contributed by atoms with Crippen LogP contribution in [0.3, 0.4) is 0 Å². The molecule has 1 unspecified atom stereocenters. The van der Waals surface area contributed by atoms with Gasteiger partial charge in [-0.15, -0.1) is 0 Å². The van der Waals surface area contributed by atoms with Gasteiger partial charge in [0.2, 0.25) is 0 Å². The molecule has 0 rings (SSSR count). The Kier molecular flexibility index (Phi) is 8.08. The number of aliphatic hydroxyl groups is 1. The van der Waals surface area contributed by atoms with Crippen LogP contribution in [0.25, 0.3) is 0 Å². The van der Waals surface area contributed by atoms with E-state index in [9.17, 15) is 5.11 Å². The van der Waals surface area contributed by atoms with Gasteiger partial charge in [-0.3, -0.25) is 0 Å². The van der Waals surface area contributed by atoms with Gasteiger partial charge in [0.05, 0.1) is 13.2 Å². The van der Waals surface area contributed by atoms with Crippen molar-refractivity contribution in [3.63, 3.8) is 0 Å². The van der Waals surface area contributed by atoms with Crippen LogP contribution in [0.2, 0.25) is 0 Å². The summed E-state index contributed by atoms with van der Waals surface area (Å²) in [5.41, 5.74) is 0. The molecule has 0 spiro atoms. The van der Waals surface area contributed by atoms with Crippen LogP contribution >= 0.6 is 0 Å². The lowest BCUT2D eigenvalue weighted by molar-refractivity contribution is -0.349. The highest BCUT2D eigenvalue weighted by Crippen LogP contribution is 2.06. The Balaban J connectivity index is 3.26. The molecule has 0 aromatic heterocycles. The smallest absolute Gasteiger partial charge is 0.277 e. The second kappa shape index (κ2) is 8.17. The third kappa shape index (κ3) is 8.44. The molecule has 4 nitrogen and oxygen atoms in total. The van der Waals surface area contributed by atoms with Crippen molar-refractivity contribution in [2.24, 2.45) is 0 Å². The quantitative estimate of drug-likeness (QED) is 0.459. The van der Waals surface area contributed by atoms with Gasteiger partial charge in [-0.2, -0.15) is 0 Å². The maximum atomic E-state index is 9.42. The van der Waals surface area contributed by atoms with E-state index in [1.807, 2.05) is 0 Å². The Morgan fingerprint density at radius 3 is 2.36 bits per heavy atom. The van der Waals surface area contributed by atoms with Crippen LogP contribution in [0.1, 0.15) is 33.6 Å². The van der Waals surface area contributed by atoms with Crippen molar-refractivity contribution in [1.82, 2.24) is 0 Å². The average Bonchev–Trinajstić information content (AvgIpc) is 2.11. The van der Waals surface area contributed by atoms with E-state index in [-0.39, 0.29) is 0 Å². The molecule has 14 heavy (non-hydrogen) atoms. The normalized spacial score (nSPS) is 15.4. The molecule has 0 heterocycles. The first kappa shape index (κ1) is 13.8. The zero-order valence-corrected chi connectivity index (χ0v) is 9.41. The molecule has 0 aromatic carbocycles. The van der Waals surface area contributed by atoms with Gasteiger partial charge in [0.1, 0.15) is 0 Å². The summed E-state index contributed by atoms with van der Waals surface area (Å²) in [4.78, 5) is 0. The summed E-state index contributed by atoms with van der Waals surface area (Å²) in [5.74, 6) is -1.48. The van der Waals surface area contributed by atoms with Crippen LogP contribution in [0.4, 0.5) is 0 Å². The maximum absolute atomic E-state index is 9.42. The molecule has 0 aromatic rings. The highest BCUT2D eigenvalue weighted by Gasteiger charge is 2.20. The lowest BCUT2D eigenvalue weighted by Crippen LogP contribution is -2.33. The Bertz CT molecular complexity index is 125. The van der Waals surface area contributed by atoms with E-state index in [0.29, 0.717) is 19.8 Å². The monoisotopic (exact) mass is 206 g/mol. The molecule has 4 heteroatoms. The summed E-state index contributed by atoms with van der Waals surface area (Å²) in [7, 11) is 0. The van der Waals surface area contributed by atoms with Gasteiger partial charge in [0.25, 0.3) is 5.97 Å². The van der Waals surface area contributed by atoms with Gasteiger partial charge in [0, 0.05) is 20.1 Å². The van der Waals surface area contributed by atoms with Crippen LogP contribution in [-0.2, 0) is 14.2 Å². The summed E-state index contributed by atoms with van der Waals surface area (Å²) in [6.45, 7) is 7.39. The van der Waals surface area contributed by atoms with E-state index >= 15 is 0 Å². The van der Waals surface area contributed by atoms with Crippen molar-refractivity contribution in [1.29, 1.82) is 0 Å². The molecule has 0 fully saturated rings. The maximum Gasteiger partial charge on any atom is 0.277 e. The zero-order valence-electron chi connectivity index (χ0n) is 9.41. The molecule has 0 saturated heterocycles. The van der Waals surface area contributed by atoms with Gasteiger partial charge >= 0.3 is 0 Å². The Morgan fingerprint density at radius 2 is 1.79 bits per heavy atom. The molecule has 0 aliphatic carbocycles. The second-order valence-corrected chi connectivity index (χ2v) is 3.15. The molecule has 1 N–H and O–H groups in total. The molecule has 0 aliphatic heterocycles. The number of hydrogen-bond donors (Lipinski definition) is 1. The lowest BCUT2D eigenvalue weighted by Gasteiger charge is -2.22. The van der Waals surface area contributed by atoms with Crippen LogP contribution < -0.4 is 0 Å². The fraction of sp³-hybridized carbons (Fsp3) is 1.00. The first-order chi connectivity index (χ1) is 6.62. The highest BCUT2D eigenvalue weighted by molar-refractivity contribution is 4.42. The molecular formula is C10H22O4. The number of rotatable bonds is 9. The molecule has 0 bridgehead atoms. The Labute approximate surface area is 86.2 Å². The fourth-order valence-electron chi connectivity index (χ4n) is 0.948. The number of unbranched alkanes of at least 4 members (excludes halogenated alkanes) is 1. The van der Waals surface area contributed by atoms with E-state index in [2.05, 4.69) is 6.92 Å². The van der Waals surface area contributed by atoms with Crippen molar-refractivity contribution in [2.45, 2.75) is 39.6 Å². The zero-order chi connectivity index (χ0) is 10.9. The van der Waals surface area contributed by atoms with E-state index in [1.165, 1.54) is 6.92 Å². The molecule has 0 saturated carbocycles. The molecular weight excluding hydrogens is 184 g/mol. The predicted molar refractivity (Wildman–Crippen MR) is 53.9 cm³/mol. The van der Waals surface area contributed by atoms with Crippen molar-refractivity contribution in [3.05, 3.63) is 0 Å². The third-order valence-corrected chi connectivity index (χ3v) is 1.65. The minimum atomic E-state index is -1.48. The Morgan fingerprint density at radius 1 is 1.07 bits per heavy atom. The van der Waals surface area contributed by atoms with Gasteiger partial charge in [-0.1, -0.05) is 13.3 Å². The molecule has 0 amide bonds. The number of hydrogen-bond acceptors (Lipinski definition) is 4. The van der Waals surface area contributed by atoms with Gasteiger partial charge in [-0.25, -0.2) is 0 Å². The molecule has 0 aliphatic rings. The molecule has 86 valence electrons. The standard InChI is InChI=1S/C10H22O4/c1-4-6-7-12-8-9-14-10(3,11)13-5-2/h11H,4-9H2,1-3H3. The average molecular weight is 206 g/mol. The van der Waals surface area contributed by atoms with Gasteiger partial charge in [0.15, 0.2) is 0 Å². The van der Waals surface area contributed by atoms with E-state index in [4.69, 9.17) is 14.2 Å². The van der Waals surface area contributed by atoms with Gasteiger partial charge in [-0.05, 0) is 13.3 Å². The van der Waals surface area contributed by atoms with Crippen molar-refractivity contribution < 1.29 is 19.3 Å². The van der Waals surface area contributed by atoms with E-state index in [1.54, 1.807) is 6.92 Å². The summed E-state index contributed by atoms with van der Waals surface area (Å²) < 4.78 is 15.2. The van der Waals surface area contributed by atoms with Crippen LogP contribution in [0.15, 0.2) is 0 Å².